The van der Waals surface area contributed by atoms with E-state index in [2.05, 4.69) is 29.1 Å². The second-order valence-electron chi connectivity index (χ2n) is 4.94. The number of nitrogens with zero attached hydrogens (tertiary/aromatic N) is 3. The van der Waals surface area contributed by atoms with Crippen LogP contribution in [-0.4, -0.2) is 21.5 Å². The van der Waals surface area contributed by atoms with E-state index in [-0.39, 0.29) is 0 Å². The van der Waals surface area contributed by atoms with E-state index >= 15 is 0 Å². The van der Waals surface area contributed by atoms with Gasteiger partial charge in [-0.3, -0.25) is 0 Å². The third-order valence-corrected chi connectivity index (χ3v) is 4.29. The molecule has 0 spiro atoms. The molecular weight excluding hydrogens is 268 g/mol. The van der Waals surface area contributed by atoms with Gasteiger partial charge in [0, 0.05) is 24.2 Å². The van der Waals surface area contributed by atoms with E-state index in [1.54, 1.807) is 11.8 Å². The minimum absolute atomic E-state index is 0.552. The molecule has 1 saturated carbocycles. The summed E-state index contributed by atoms with van der Waals surface area (Å²) in [6, 6.07) is 5.94. The van der Waals surface area contributed by atoms with E-state index in [4.69, 9.17) is 4.98 Å². The highest BCUT2D eigenvalue weighted by atomic mass is 32.2. The van der Waals surface area contributed by atoms with Crippen molar-refractivity contribution in [3.63, 3.8) is 0 Å². The zero-order chi connectivity index (χ0) is 13.9. The molecule has 2 aromatic rings. The van der Waals surface area contributed by atoms with Gasteiger partial charge < -0.3 is 5.32 Å². The summed E-state index contributed by atoms with van der Waals surface area (Å²) in [7, 11) is 0. The van der Waals surface area contributed by atoms with Crippen LogP contribution in [-0.2, 0) is 0 Å². The van der Waals surface area contributed by atoms with Crippen molar-refractivity contribution in [1.29, 1.82) is 0 Å². The highest BCUT2D eigenvalue weighted by Gasteiger charge is 2.28. The lowest BCUT2D eigenvalue weighted by molar-refractivity contribution is 0.859. The van der Waals surface area contributed by atoms with Gasteiger partial charge >= 0.3 is 0 Å². The zero-order valence-electron chi connectivity index (χ0n) is 11.8. The normalized spacial score (nSPS) is 14.3. The van der Waals surface area contributed by atoms with Crippen molar-refractivity contribution in [3.8, 4) is 0 Å². The molecule has 1 N–H and O–H groups in total. The Morgan fingerprint density at radius 2 is 2.15 bits per heavy atom. The van der Waals surface area contributed by atoms with Crippen LogP contribution in [0, 0.1) is 6.92 Å². The lowest BCUT2D eigenvalue weighted by Gasteiger charge is -2.12. The van der Waals surface area contributed by atoms with Gasteiger partial charge in [0.1, 0.15) is 21.7 Å². The van der Waals surface area contributed by atoms with Gasteiger partial charge in [-0.1, -0.05) is 6.07 Å². The van der Waals surface area contributed by atoms with Crippen LogP contribution in [0.4, 0.5) is 5.82 Å². The lowest BCUT2D eigenvalue weighted by atomic mass is 10.3. The Hall–Kier alpha value is -1.62. The summed E-state index contributed by atoms with van der Waals surface area (Å²) in [5, 5.41) is 5.32. The molecule has 0 aromatic carbocycles. The molecular formula is C15H18N4S. The first-order valence-corrected chi connectivity index (χ1v) is 7.81. The molecule has 1 aliphatic rings. The van der Waals surface area contributed by atoms with Crippen LogP contribution in [0.1, 0.15) is 37.1 Å². The first-order chi connectivity index (χ1) is 9.78. The highest BCUT2D eigenvalue weighted by molar-refractivity contribution is 7.99. The van der Waals surface area contributed by atoms with Gasteiger partial charge in [0.25, 0.3) is 0 Å². The fourth-order valence-corrected chi connectivity index (χ4v) is 2.83. The van der Waals surface area contributed by atoms with Gasteiger partial charge in [-0.2, -0.15) is 0 Å². The predicted octanol–water partition coefficient (Wildman–Crippen LogP) is 3.64. The first kappa shape index (κ1) is 13.4. The maximum absolute atomic E-state index is 4.74. The number of pyridine rings is 1. The molecule has 104 valence electrons. The molecule has 0 amide bonds. The lowest BCUT2D eigenvalue weighted by Crippen LogP contribution is -2.07. The molecule has 0 saturated heterocycles. The van der Waals surface area contributed by atoms with Crippen molar-refractivity contribution in [2.24, 2.45) is 0 Å². The minimum atomic E-state index is 0.552. The van der Waals surface area contributed by atoms with Crippen LogP contribution in [0.3, 0.4) is 0 Å². The van der Waals surface area contributed by atoms with E-state index in [1.165, 1.54) is 12.8 Å². The van der Waals surface area contributed by atoms with Gasteiger partial charge in [-0.05, 0) is 50.6 Å². The summed E-state index contributed by atoms with van der Waals surface area (Å²) in [6.45, 7) is 5.03. The van der Waals surface area contributed by atoms with Crippen LogP contribution in [0.15, 0.2) is 34.4 Å². The van der Waals surface area contributed by atoms with E-state index in [0.717, 1.165) is 33.8 Å². The number of hydrogen-bond acceptors (Lipinski definition) is 5. The van der Waals surface area contributed by atoms with Gasteiger partial charge in [0.15, 0.2) is 0 Å². The quantitative estimate of drug-likeness (QED) is 0.850. The van der Waals surface area contributed by atoms with Crippen LogP contribution in [0.5, 0.6) is 0 Å². The van der Waals surface area contributed by atoms with Crippen molar-refractivity contribution in [2.75, 3.05) is 11.9 Å². The molecule has 0 radical (unpaired) electrons. The molecule has 0 aliphatic heterocycles. The van der Waals surface area contributed by atoms with Crippen LogP contribution >= 0.6 is 11.8 Å². The Bertz CT molecular complexity index is 596. The first-order valence-electron chi connectivity index (χ1n) is 6.99. The maximum atomic E-state index is 4.74. The fourth-order valence-electron chi connectivity index (χ4n) is 1.98. The van der Waals surface area contributed by atoms with Gasteiger partial charge in [-0.15, -0.1) is 0 Å². The number of nitrogens with one attached hydrogen (secondary N) is 1. The summed E-state index contributed by atoms with van der Waals surface area (Å²) in [5.41, 5.74) is 1.10. The van der Waals surface area contributed by atoms with Crippen molar-refractivity contribution in [3.05, 3.63) is 35.8 Å². The summed E-state index contributed by atoms with van der Waals surface area (Å²) in [4.78, 5) is 13.8. The Balaban J connectivity index is 1.95. The number of anilines is 1. The third kappa shape index (κ3) is 2.93. The smallest absolute Gasteiger partial charge is 0.135 e. The topological polar surface area (TPSA) is 50.7 Å². The fraction of sp³-hybridized carbons (Fsp3) is 0.400. The molecule has 4 nitrogen and oxygen atoms in total. The van der Waals surface area contributed by atoms with E-state index in [9.17, 15) is 0 Å². The molecule has 0 unspecified atom stereocenters. The van der Waals surface area contributed by atoms with Crippen molar-refractivity contribution >= 4 is 17.6 Å². The molecule has 5 heteroatoms. The van der Waals surface area contributed by atoms with Crippen LogP contribution in [0.2, 0.25) is 0 Å². The van der Waals surface area contributed by atoms with E-state index in [1.807, 2.05) is 24.4 Å². The molecule has 3 rings (SSSR count). The molecule has 1 fully saturated rings. The van der Waals surface area contributed by atoms with Gasteiger partial charge in [-0.25, -0.2) is 15.0 Å². The zero-order valence-corrected chi connectivity index (χ0v) is 12.6. The monoisotopic (exact) mass is 286 g/mol. The standard InChI is InChI=1S/C15H18N4S/c1-3-16-13-10(2)15(19-14(18-13)11-7-8-11)20-12-6-4-5-9-17-12/h4-6,9,11H,3,7-8H2,1-2H3,(H,16,18,19). The number of rotatable bonds is 5. The van der Waals surface area contributed by atoms with Gasteiger partial charge in [0.05, 0.1) is 0 Å². The Labute approximate surface area is 123 Å². The summed E-state index contributed by atoms with van der Waals surface area (Å²) in [6.07, 6.45) is 4.23. The van der Waals surface area contributed by atoms with Crippen molar-refractivity contribution in [2.45, 2.75) is 42.7 Å². The second-order valence-corrected chi connectivity index (χ2v) is 5.94. The Morgan fingerprint density at radius 1 is 1.30 bits per heavy atom. The van der Waals surface area contributed by atoms with Crippen molar-refractivity contribution < 1.29 is 0 Å². The average molecular weight is 286 g/mol. The average Bonchev–Trinajstić information content (AvgIpc) is 3.29. The highest BCUT2D eigenvalue weighted by Crippen LogP contribution is 2.40. The van der Waals surface area contributed by atoms with Crippen LogP contribution in [0.25, 0.3) is 0 Å². The van der Waals surface area contributed by atoms with E-state index in [0.29, 0.717) is 5.92 Å². The summed E-state index contributed by atoms with van der Waals surface area (Å²) in [5.74, 6) is 2.49. The molecule has 20 heavy (non-hydrogen) atoms. The SMILES string of the molecule is CCNc1nc(C2CC2)nc(Sc2ccccn2)c1C. The molecule has 1 aliphatic carbocycles. The maximum Gasteiger partial charge on any atom is 0.135 e. The molecule has 2 aromatic heterocycles. The molecule has 0 atom stereocenters. The number of hydrogen-bond donors (Lipinski definition) is 1. The largest absolute Gasteiger partial charge is 0.370 e. The van der Waals surface area contributed by atoms with E-state index < -0.39 is 0 Å². The minimum Gasteiger partial charge on any atom is -0.370 e. The Kier molecular flexibility index (Phi) is 3.87. The summed E-state index contributed by atoms with van der Waals surface area (Å²) >= 11 is 1.61. The molecule has 2 heterocycles. The van der Waals surface area contributed by atoms with Gasteiger partial charge in [0.2, 0.25) is 0 Å². The van der Waals surface area contributed by atoms with Crippen molar-refractivity contribution in [1.82, 2.24) is 15.0 Å². The predicted molar refractivity (Wildman–Crippen MR) is 81.3 cm³/mol. The molecule has 0 bridgehead atoms. The third-order valence-electron chi connectivity index (χ3n) is 3.24. The summed E-state index contributed by atoms with van der Waals surface area (Å²) < 4.78 is 0. The Morgan fingerprint density at radius 3 is 2.80 bits per heavy atom. The van der Waals surface area contributed by atoms with Crippen LogP contribution < -0.4 is 5.32 Å². The number of aromatic nitrogens is 3. The second kappa shape index (κ2) is 5.79.